The first-order valence-corrected chi connectivity index (χ1v) is 8.95. The third-order valence-corrected chi connectivity index (χ3v) is 5.65. The zero-order valence-corrected chi connectivity index (χ0v) is 14.7. The molecule has 0 bridgehead atoms. The average molecular weight is 384 g/mol. The van der Waals surface area contributed by atoms with E-state index in [-0.39, 0.29) is 11.2 Å². The van der Waals surface area contributed by atoms with E-state index in [2.05, 4.69) is 9.97 Å². The van der Waals surface area contributed by atoms with Gasteiger partial charge in [0.25, 0.3) is 10.0 Å². The molecule has 1 atom stereocenters. The molecule has 0 spiro atoms. The van der Waals surface area contributed by atoms with E-state index >= 15 is 0 Å². The van der Waals surface area contributed by atoms with Crippen molar-refractivity contribution >= 4 is 15.7 Å². The number of fused-ring (bicyclic) bond motifs is 1. The summed E-state index contributed by atoms with van der Waals surface area (Å²) in [6, 6.07) is 3.23. The molecule has 0 fully saturated rings. The smallest absolute Gasteiger partial charge is 0.303 e. The van der Waals surface area contributed by atoms with Gasteiger partial charge in [0.2, 0.25) is 0 Å². The lowest BCUT2D eigenvalue weighted by Gasteiger charge is -2.29. The van der Waals surface area contributed by atoms with Crippen LogP contribution in [0, 0.1) is 6.92 Å². The molecular weight excluding hydrogens is 369 g/mol. The van der Waals surface area contributed by atoms with Gasteiger partial charge in [-0.1, -0.05) is 29.8 Å². The maximum Gasteiger partial charge on any atom is 0.409 e. The summed E-state index contributed by atoms with van der Waals surface area (Å²) < 4.78 is 68.2. The highest BCUT2D eigenvalue weighted by Gasteiger charge is 2.48. The van der Waals surface area contributed by atoms with Crippen molar-refractivity contribution in [2.24, 2.45) is 0 Å². The van der Waals surface area contributed by atoms with E-state index in [1.807, 2.05) is 0 Å². The molecule has 0 saturated heterocycles. The monoisotopic (exact) mass is 384 g/mol. The summed E-state index contributed by atoms with van der Waals surface area (Å²) >= 11 is 0. The van der Waals surface area contributed by atoms with Gasteiger partial charge in [0.15, 0.2) is 10.7 Å². The Kier molecular flexibility index (Phi) is 4.49. The zero-order chi connectivity index (χ0) is 19.1. The molecule has 3 aromatic rings. The van der Waals surface area contributed by atoms with Crippen LogP contribution >= 0.6 is 0 Å². The fourth-order valence-electron chi connectivity index (χ4n) is 2.58. The normalized spacial score (nSPS) is 14.1. The van der Waals surface area contributed by atoms with Crippen LogP contribution in [0.15, 0.2) is 54.1 Å². The summed E-state index contributed by atoms with van der Waals surface area (Å²) in [5.74, 6) is 0. The molecule has 6 nitrogen and oxygen atoms in total. The van der Waals surface area contributed by atoms with Gasteiger partial charge in [-0.3, -0.25) is 4.98 Å². The number of alkyl halides is 3. The highest BCUT2D eigenvalue weighted by atomic mass is 32.2. The molecular formula is C16H15F3N4O2S. The van der Waals surface area contributed by atoms with Gasteiger partial charge in [-0.2, -0.15) is 17.5 Å². The van der Waals surface area contributed by atoms with E-state index in [1.165, 1.54) is 47.3 Å². The maximum atomic E-state index is 13.7. The molecule has 0 aliphatic carbocycles. The summed E-state index contributed by atoms with van der Waals surface area (Å²) in [5, 5.41) is -0.477. The van der Waals surface area contributed by atoms with Crippen LogP contribution in [0.25, 0.3) is 5.65 Å². The Bertz CT molecular complexity index is 997. The van der Waals surface area contributed by atoms with Crippen molar-refractivity contribution in [1.29, 1.82) is 0 Å². The minimum Gasteiger partial charge on any atom is -0.303 e. The highest BCUT2D eigenvalue weighted by molar-refractivity contribution is 7.89. The molecule has 0 aliphatic heterocycles. The summed E-state index contributed by atoms with van der Waals surface area (Å²) in [6.45, 7) is 1.73. The van der Waals surface area contributed by atoms with E-state index in [1.54, 1.807) is 6.92 Å². The van der Waals surface area contributed by atoms with Crippen molar-refractivity contribution in [3.63, 3.8) is 0 Å². The predicted octanol–water partition coefficient (Wildman–Crippen LogP) is 2.96. The van der Waals surface area contributed by atoms with Crippen LogP contribution < -0.4 is 0 Å². The fourth-order valence-corrected chi connectivity index (χ4v) is 3.85. The molecule has 2 heterocycles. The van der Waals surface area contributed by atoms with Gasteiger partial charge in [0, 0.05) is 25.6 Å². The first-order valence-electron chi connectivity index (χ1n) is 7.51. The highest BCUT2D eigenvalue weighted by Crippen LogP contribution is 2.39. The molecule has 0 saturated carbocycles. The molecule has 0 amide bonds. The third kappa shape index (κ3) is 3.29. The Labute approximate surface area is 148 Å². The zero-order valence-electron chi connectivity index (χ0n) is 13.8. The van der Waals surface area contributed by atoms with Gasteiger partial charge in [0.05, 0.1) is 6.20 Å². The second-order valence-corrected chi connectivity index (χ2v) is 7.74. The van der Waals surface area contributed by atoms with Crippen LogP contribution in [0.5, 0.6) is 0 Å². The first kappa shape index (κ1) is 18.3. The molecule has 0 unspecified atom stereocenters. The van der Waals surface area contributed by atoms with Crippen molar-refractivity contribution in [3.05, 3.63) is 60.2 Å². The van der Waals surface area contributed by atoms with Crippen molar-refractivity contribution in [1.82, 2.24) is 18.7 Å². The van der Waals surface area contributed by atoms with E-state index in [9.17, 15) is 21.6 Å². The van der Waals surface area contributed by atoms with Crippen molar-refractivity contribution in [3.8, 4) is 0 Å². The molecule has 0 N–H and O–H groups in total. The topological polar surface area (TPSA) is 67.6 Å². The van der Waals surface area contributed by atoms with Crippen LogP contribution in [0.1, 0.15) is 17.2 Å². The second-order valence-electron chi connectivity index (χ2n) is 5.80. The number of benzene rings is 1. The molecule has 1 aromatic carbocycles. The first-order chi connectivity index (χ1) is 12.1. The Morgan fingerprint density at radius 1 is 1.19 bits per heavy atom. The average Bonchev–Trinajstić information content (AvgIpc) is 3.00. The van der Waals surface area contributed by atoms with Gasteiger partial charge in [-0.05, 0) is 12.5 Å². The summed E-state index contributed by atoms with van der Waals surface area (Å²) in [7, 11) is -3.59. The van der Waals surface area contributed by atoms with Gasteiger partial charge < -0.3 is 4.40 Å². The molecule has 3 rings (SSSR count). The SMILES string of the molecule is Cc1ccc([C@@H](N(C)S(=O)(=O)c2cn3ccncc3n2)C(F)(F)F)cc1. The Morgan fingerprint density at radius 3 is 2.42 bits per heavy atom. The number of hydrogen-bond acceptors (Lipinski definition) is 4. The number of rotatable bonds is 4. The lowest BCUT2D eigenvalue weighted by atomic mass is 10.1. The Morgan fingerprint density at radius 2 is 1.85 bits per heavy atom. The van der Waals surface area contributed by atoms with Crippen molar-refractivity contribution in [2.45, 2.75) is 24.2 Å². The summed E-state index contributed by atoms with van der Waals surface area (Å²) in [5.41, 5.74) is 0.825. The summed E-state index contributed by atoms with van der Waals surface area (Å²) in [6.07, 6.45) is 0.561. The van der Waals surface area contributed by atoms with E-state index < -0.39 is 27.3 Å². The number of imidazole rings is 1. The minimum absolute atomic E-state index is 0.167. The van der Waals surface area contributed by atoms with Gasteiger partial charge in [0.1, 0.15) is 6.04 Å². The number of nitrogens with zero attached hydrogens (tertiary/aromatic N) is 4. The molecule has 0 aliphatic rings. The number of aryl methyl sites for hydroxylation is 1. The number of sulfonamides is 1. The quantitative estimate of drug-likeness (QED) is 0.694. The van der Waals surface area contributed by atoms with Crippen LogP contribution in [0.3, 0.4) is 0 Å². The minimum atomic E-state index is -4.79. The van der Waals surface area contributed by atoms with Gasteiger partial charge in [-0.25, -0.2) is 13.4 Å². The predicted molar refractivity (Wildman–Crippen MR) is 87.9 cm³/mol. The van der Waals surface area contributed by atoms with Crippen LogP contribution in [-0.2, 0) is 10.0 Å². The Balaban J connectivity index is 2.07. The Hall–Kier alpha value is -2.46. The third-order valence-electron chi connectivity index (χ3n) is 3.95. The molecule has 26 heavy (non-hydrogen) atoms. The van der Waals surface area contributed by atoms with Crippen LogP contribution in [0.2, 0.25) is 0 Å². The van der Waals surface area contributed by atoms with Crippen molar-refractivity contribution in [2.75, 3.05) is 7.05 Å². The summed E-state index contributed by atoms with van der Waals surface area (Å²) in [4.78, 5) is 7.69. The molecule has 138 valence electrons. The maximum absolute atomic E-state index is 13.7. The van der Waals surface area contributed by atoms with Crippen LogP contribution in [-0.4, -0.2) is 40.3 Å². The number of aromatic nitrogens is 3. The van der Waals surface area contributed by atoms with Crippen molar-refractivity contribution < 1.29 is 21.6 Å². The van der Waals surface area contributed by atoms with Crippen LogP contribution in [0.4, 0.5) is 13.2 Å². The van der Waals surface area contributed by atoms with E-state index in [0.29, 0.717) is 4.31 Å². The fraction of sp³-hybridized carbons (Fsp3) is 0.250. The lowest BCUT2D eigenvalue weighted by molar-refractivity contribution is -0.171. The molecule has 10 heteroatoms. The van der Waals surface area contributed by atoms with Gasteiger partial charge in [-0.15, -0.1) is 0 Å². The second kappa shape index (κ2) is 6.36. The molecule has 0 radical (unpaired) electrons. The largest absolute Gasteiger partial charge is 0.409 e. The standard InChI is InChI=1S/C16H15F3N4O2S/c1-11-3-5-12(6-4-11)15(16(17,18)19)22(2)26(24,25)14-10-23-8-7-20-9-13(23)21-14/h3-10,15H,1-2H3/t15-/m1/s1. The van der Waals surface area contributed by atoms with E-state index in [0.717, 1.165) is 18.8 Å². The molecule has 2 aromatic heterocycles. The van der Waals surface area contributed by atoms with Gasteiger partial charge >= 0.3 is 6.18 Å². The van der Waals surface area contributed by atoms with E-state index in [4.69, 9.17) is 0 Å². The lowest BCUT2D eigenvalue weighted by Crippen LogP contribution is -2.39. The number of hydrogen-bond donors (Lipinski definition) is 0. The number of halogens is 3.